The van der Waals surface area contributed by atoms with Gasteiger partial charge >= 0.3 is 0 Å². The van der Waals surface area contributed by atoms with Gasteiger partial charge in [0, 0.05) is 4.50 Å². The molecule has 0 N–H and O–H groups in total. The summed E-state index contributed by atoms with van der Waals surface area (Å²) in [5.74, 6) is 3.86. The molecule has 0 spiro atoms. The first kappa shape index (κ1) is 10.6. The molecule has 0 aromatic carbocycles. The van der Waals surface area contributed by atoms with Crippen LogP contribution >= 0.6 is 11.6 Å². The molecule has 0 radical (unpaired) electrons. The molecule has 4 saturated carbocycles. The van der Waals surface area contributed by atoms with Gasteiger partial charge in [-0.15, -0.1) is 11.6 Å². The van der Waals surface area contributed by atoms with Crippen molar-refractivity contribution in [3.05, 3.63) is 0 Å². The summed E-state index contributed by atoms with van der Waals surface area (Å²) in [5.41, 5.74) is 0. The van der Waals surface area contributed by atoms with Crippen LogP contribution in [0.25, 0.3) is 0 Å². The maximum Gasteiger partial charge on any atom is 0.0694 e. The van der Waals surface area contributed by atoms with E-state index in [-0.39, 0.29) is 4.50 Å². The number of hydrogen-bond donors (Lipinski definition) is 0. The van der Waals surface area contributed by atoms with Crippen LogP contribution in [-0.4, -0.2) is 12.6 Å². The summed E-state index contributed by atoms with van der Waals surface area (Å²) in [6.07, 6.45) is 7.37. The van der Waals surface area contributed by atoms with Gasteiger partial charge in [-0.1, -0.05) is 19.6 Å². The fourth-order valence-electron chi connectivity index (χ4n) is 5.09. The molecule has 0 heterocycles. The monoisotopic (exact) mass is 242 g/mol. The summed E-state index contributed by atoms with van der Waals surface area (Å²) in [5, 5.41) is 0. The van der Waals surface area contributed by atoms with Gasteiger partial charge in [0.25, 0.3) is 0 Å². The van der Waals surface area contributed by atoms with Crippen LogP contribution < -0.4 is 0 Å². The van der Waals surface area contributed by atoms with Crippen LogP contribution in [0, 0.1) is 23.7 Å². The van der Waals surface area contributed by atoms with E-state index >= 15 is 0 Å². The molecule has 4 bridgehead atoms. The minimum absolute atomic E-state index is 0.250. The van der Waals surface area contributed by atoms with E-state index in [9.17, 15) is 0 Å². The summed E-state index contributed by atoms with van der Waals surface area (Å²) in [7, 11) is -1.22. The Hall–Kier alpha value is 0.507. The normalized spacial score (nSPS) is 53.6. The quantitative estimate of drug-likeness (QED) is 0.475. The van der Waals surface area contributed by atoms with Gasteiger partial charge in [0.05, 0.1) is 8.07 Å². The third-order valence-electron chi connectivity index (χ3n) is 5.48. The molecule has 0 aliphatic heterocycles. The molecule has 0 nitrogen and oxygen atoms in total. The zero-order chi connectivity index (χ0) is 10.8. The zero-order valence-electron chi connectivity index (χ0n) is 10.2. The van der Waals surface area contributed by atoms with Crippen LogP contribution in [0.3, 0.4) is 0 Å². The standard InChI is InChI=1S/C13H23ClSi/c1-15(2,3)13(14)11-5-9-4-10(7-11)8-12(13)6-9/h9-12H,4-8H2,1-3H3. The van der Waals surface area contributed by atoms with Gasteiger partial charge in [-0.05, 0) is 55.8 Å². The molecule has 4 rings (SSSR count). The van der Waals surface area contributed by atoms with Crippen molar-refractivity contribution in [3.8, 4) is 0 Å². The van der Waals surface area contributed by atoms with Gasteiger partial charge in [-0.3, -0.25) is 0 Å². The Morgan fingerprint density at radius 1 is 0.867 bits per heavy atom. The summed E-state index contributed by atoms with van der Waals surface area (Å²) >= 11 is 7.17. The number of hydrogen-bond acceptors (Lipinski definition) is 0. The Balaban J connectivity index is 1.98. The molecule has 0 aromatic heterocycles. The van der Waals surface area contributed by atoms with E-state index in [4.69, 9.17) is 11.6 Å². The predicted octanol–water partition coefficient (Wildman–Crippen LogP) is 4.30. The molecule has 0 amide bonds. The van der Waals surface area contributed by atoms with Gasteiger partial charge in [-0.2, -0.15) is 0 Å². The highest BCUT2D eigenvalue weighted by Crippen LogP contribution is 2.63. The Bertz CT molecular complexity index is 251. The van der Waals surface area contributed by atoms with Crippen LogP contribution in [0.5, 0.6) is 0 Å². The summed E-state index contributed by atoms with van der Waals surface area (Å²) < 4.78 is 0.250. The highest BCUT2D eigenvalue weighted by molar-refractivity contribution is 6.86. The van der Waals surface area contributed by atoms with Crippen molar-refractivity contribution in [1.82, 2.24) is 0 Å². The van der Waals surface area contributed by atoms with Crippen LogP contribution in [0.4, 0.5) is 0 Å². The second-order valence-electron chi connectivity index (χ2n) is 7.32. The van der Waals surface area contributed by atoms with Crippen molar-refractivity contribution in [2.45, 2.75) is 56.2 Å². The maximum absolute atomic E-state index is 7.17. The second kappa shape index (κ2) is 3.04. The third kappa shape index (κ3) is 1.32. The van der Waals surface area contributed by atoms with Crippen molar-refractivity contribution >= 4 is 19.7 Å². The van der Waals surface area contributed by atoms with Crippen molar-refractivity contribution in [2.24, 2.45) is 23.7 Å². The lowest BCUT2D eigenvalue weighted by molar-refractivity contribution is 0.00579. The van der Waals surface area contributed by atoms with Crippen LogP contribution in [0.15, 0.2) is 0 Å². The number of alkyl halides is 1. The van der Waals surface area contributed by atoms with Gasteiger partial charge in [0.2, 0.25) is 0 Å². The molecule has 4 aliphatic rings. The molecule has 0 unspecified atom stereocenters. The Morgan fingerprint density at radius 2 is 1.27 bits per heavy atom. The Morgan fingerprint density at radius 3 is 1.60 bits per heavy atom. The van der Waals surface area contributed by atoms with Crippen LogP contribution in [0.2, 0.25) is 19.6 Å². The molecule has 15 heavy (non-hydrogen) atoms. The highest BCUT2D eigenvalue weighted by atomic mass is 35.5. The fraction of sp³-hybridized carbons (Fsp3) is 1.00. The first-order chi connectivity index (χ1) is 6.91. The van der Waals surface area contributed by atoms with E-state index in [1.807, 2.05) is 0 Å². The average Bonchev–Trinajstić information content (AvgIpc) is 2.10. The molecule has 4 fully saturated rings. The van der Waals surface area contributed by atoms with E-state index < -0.39 is 8.07 Å². The second-order valence-corrected chi connectivity index (χ2v) is 13.6. The molecule has 4 aliphatic carbocycles. The molecular formula is C13H23ClSi. The first-order valence-electron chi connectivity index (χ1n) is 6.60. The average molecular weight is 243 g/mol. The Labute approximate surface area is 99.8 Å². The minimum atomic E-state index is -1.22. The predicted molar refractivity (Wildman–Crippen MR) is 69.0 cm³/mol. The summed E-state index contributed by atoms with van der Waals surface area (Å²) in [6.45, 7) is 7.47. The highest BCUT2D eigenvalue weighted by Gasteiger charge is 2.61. The third-order valence-corrected chi connectivity index (χ3v) is 10.9. The number of rotatable bonds is 1. The van der Waals surface area contributed by atoms with Crippen LogP contribution in [0.1, 0.15) is 32.1 Å². The van der Waals surface area contributed by atoms with E-state index in [0.717, 1.165) is 23.7 Å². The van der Waals surface area contributed by atoms with Crippen LogP contribution in [-0.2, 0) is 0 Å². The molecule has 0 saturated heterocycles. The van der Waals surface area contributed by atoms with E-state index in [0.29, 0.717) is 0 Å². The summed E-state index contributed by atoms with van der Waals surface area (Å²) in [6, 6.07) is 0. The molecular weight excluding hydrogens is 220 g/mol. The lowest BCUT2D eigenvalue weighted by Gasteiger charge is -2.62. The zero-order valence-corrected chi connectivity index (χ0v) is 12.0. The van der Waals surface area contributed by atoms with Crippen molar-refractivity contribution in [3.63, 3.8) is 0 Å². The van der Waals surface area contributed by atoms with E-state index in [1.54, 1.807) is 0 Å². The lowest BCUT2D eigenvalue weighted by Crippen LogP contribution is -2.65. The SMILES string of the molecule is C[Si](C)(C)C1(Cl)C2CC3CC(C2)CC1C3. The van der Waals surface area contributed by atoms with Gasteiger partial charge in [0.15, 0.2) is 0 Å². The molecule has 2 heteroatoms. The molecule has 0 aromatic rings. The smallest absolute Gasteiger partial charge is 0.0694 e. The summed E-state index contributed by atoms with van der Waals surface area (Å²) in [4.78, 5) is 0. The minimum Gasteiger partial charge on any atom is -0.122 e. The first-order valence-corrected chi connectivity index (χ1v) is 10.5. The van der Waals surface area contributed by atoms with E-state index in [2.05, 4.69) is 19.6 Å². The maximum atomic E-state index is 7.17. The fourth-order valence-corrected chi connectivity index (χ4v) is 8.37. The Kier molecular flexibility index (Phi) is 2.16. The van der Waals surface area contributed by atoms with Crippen molar-refractivity contribution in [2.75, 3.05) is 0 Å². The number of halogens is 1. The topological polar surface area (TPSA) is 0 Å². The molecule has 0 atom stereocenters. The molecule has 86 valence electrons. The van der Waals surface area contributed by atoms with Gasteiger partial charge < -0.3 is 0 Å². The lowest BCUT2D eigenvalue weighted by atomic mass is 9.55. The van der Waals surface area contributed by atoms with Crippen molar-refractivity contribution in [1.29, 1.82) is 0 Å². The van der Waals surface area contributed by atoms with E-state index in [1.165, 1.54) is 32.1 Å². The van der Waals surface area contributed by atoms with Crippen molar-refractivity contribution < 1.29 is 0 Å². The largest absolute Gasteiger partial charge is 0.122 e. The van der Waals surface area contributed by atoms with Gasteiger partial charge in [0.1, 0.15) is 0 Å². The van der Waals surface area contributed by atoms with Gasteiger partial charge in [-0.25, -0.2) is 0 Å².